The second-order valence-corrected chi connectivity index (χ2v) is 7.13. The van der Waals surface area contributed by atoms with E-state index in [1.54, 1.807) is 41.5 Å². The van der Waals surface area contributed by atoms with Crippen LogP contribution in [0.15, 0.2) is 53.4 Å². The van der Waals surface area contributed by atoms with E-state index in [-0.39, 0.29) is 17.2 Å². The highest BCUT2D eigenvalue weighted by atomic mass is 32.2. The Kier molecular flexibility index (Phi) is 6.84. The molecule has 0 saturated carbocycles. The molecule has 1 saturated heterocycles. The Morgan fingerprint density at radius 1 is 1.17 bits per heavy atom. The van der Waals surface area contributed by atoms with Crippen molar-refractivity contribution in [1.29, 1.82) is 0 Å². The van der Waals surface area contributed by atoms with Gasteiger partial charge >= 0.3 is 5.97 Å². The fourth-order valence-corrected chi connectivity index (χ4v) is 3.52. The average molecular weight is 416 g/mol. The van der Waals surface area contributed by atoms with Gasteiger partial charge in [0.15, 0.2) is 0 Å². The predicted molar refractivity (Wildman–Crippen MR) is 107 cm³/mol. The van der Waals surface area contributed by atoms with Crippen LogP contribution in [0.4, 0.5) is 5.69 Å². The van der Waals surface area contributed by atoms with Gasteiger partial charge < -0.3 is 14.4 Å². The third kappa shape index (κ3) is 4.93. The lowest BCUT2D eigenvalue weighted by molar-refractivity contribution is -0.387. The van der Waals surface area contributed by atoms with Gasteiger partial charge in [0.05, 0.1) is 28.6 Å². The normalized spacial score (nSPS) is 14.9. The number of hydrogen-bond acceptors (Lipinski definition) is 7. The molecular weight excluding hydrogens is 396 g/mol. The molecule has 1 heterocycles. The van der Waals surface area contributed by atoms with Crippen LogP contribution in [0.5, 0.6) is 0 Å². The summed E-state index contributed by atoms with van der Waals surface area (Å²) in [6.07, 6.45) is 0.577. The molecule has 9 heteroatoms. The minimum atomic E-state index is -1.14. The fraction of sp³-hybridized carbons (Fsp3) is 0.300. The van der Waals surface area contributed by atoms with Crippen LogP contribution < -0.4 is 0 Å². The number of nitro benzene ring substituents is 1. The zero-order valence-corrected chi connectivity index (χ0v) is 16.6. The van der Waals surface area contributed by atoms with Crippen LogP contribution in [0.1, 0.15) is 22.0 Å². The van der Waals surface area contributed by atoms with Crippen molar-refractivity contribution in [2.45, 2.75) is 11.0 Å². The van der Waals surface area contributed by atoms with Crippen molar-refractivity contribution in [1.82, 2.24) is 4.90 Å². The number of thioether (sulfide) groups is 1. The lowest BCUT2D eigenvalue weighted by Gasteiger charge is -2.30. The Balaban J connectivity index is 1.87. The third-order valence-corrected chi connectivity index (χ3v) is 5.27. The Labute approximate surface area is 171 Å². The molecule has 2 aromatic carbocycles. The van der Waals surface area contributed by atoms with Crippen LogP contribution in [-0.4, -0.2) is 54.3 Å². The van der Waals surface area contributed by atoms with Crippen LogP contribution in [0, 0.1) is 10.1 Å². The molecule has 1 amide bonds. The number of benzene rings is 2. The molecule has 0 radical (unpaired) electrons. The first-order valence-corrected chi connectivity index (χ1v) is 10.2. The van der Waals surface area contributed by atoms with Crippen molar-refractivity contribution >= 4 is 29.3 Å². The van der Waals surface area contributed by atoms with Gasteiger partial charge in [-0.25, -0.2) is 4.79 Å². The van der Waals surface area contributed by atoms with Gasteiger partial charge in [0.25, 0.3) is 11.6 Å². The van der Waals surface area contributed by atoms with Crippen LogP contribution in [0.2, 0.25) is 0 Å². The summed E-state index contributed by atoms with van der Waals surface area (Å²) < 4.78 is 10.8. The molecule has 0 bridgehead atoms. The molecule has 3 rings (SSSR count). The van der Waals surface area contributed by atoms with Crippen molar-refractivity contribution in [3.8, 4) is 0 Å². The lowest BCUT2D eigenvalue weighted by atomic mass is 10.1. The first-order valence-electron chi connectivity index (χ1n) is 8.96. The van der Waals surface area contributed by atoms with E-state index >= 15 is 0 Å². The lowest BCUT2D eigenvalue weighted by Crippen LogP contribution is -2.44. The van der Waals surface area contributed by atoms with Crippen molar-refractivity contribution in [2.24, 2.45) is 0 Å². The van der Waals surface area contributed by atoms with E-state index < -0.39 is 17.0 Å². The van der Waals surface area contributed by atoms with Crippen LogP contribution in [-0.2, 0) is 14.3 Å². The number of carbonyl (C=O) groups is 2. The second-order valence-electron chi connectivity index (χ2n) is 6.28. The van der Waals surface area contributed by atoms with E-state index in [9.17, 15) is 19.7 Å². The second kappa shape index (κ2) is 9.53. The minimum Gasteiger partial charge on any atom is -0.444 e. The zero-order chi connectivity index (χ0) is 20.8. The van der Waals surface area contributed by atoms with E-state index in [1.165, 1.54) is 30.0 Å². The largest absolute Gasteiger partial charge is 0.444 e. The highest BCUT2D eigenvalue weighted by Crippen LogP contribution is 2.29. The number of morpholine rings is 1. The number of hydrogen-bond donors (Lipinski definition) is 0. The smallest absolute Gasteiger partial charge is 0.339 e. The first-order chi connectivity index (χ1) is 14.0. The fourth-order valence-electron chi connectivity index (χ4n) is 2.97. The Hall–Kier alpha value is -2.91. The maximum absolute atomic E-state index is 13.0. The molecule has 1 fully saturated rings. The number of carbonyl (C=O) groups excluding carboxylic acids is 2. The first kappa shape index (κ1) is 20.8. The van der Waals surface area contributed by atoms with Gasteiger partial charge in [0.2, 0.25) is 6.10 Å². The van der Waals surface area contributed by atoms with Crippen molar-refractivity contribution in [3.63, 3.8) is 0 Å². The predicted octanol–water partition coefficient (Wildman–Crippen LogP) is 3.07. The number of nitro groups is 1. The van der Waals surface area contributed by atoms with E-state index in [1.807, 2.05) is 0 Å². The topological polar surface area (TPSA) is 99.0 Å². The molecule has 1 aliphatic rings. The van der Waals surface area contributed by atoms with E-state index in [4.69, 9.17) is 9.47 Å². The quantitative estimate of drug-likeness (QED) is 0.309. The molecule has 8 nitrogen and oxygen atoms in total. The van der Waals surface area contributed by atoms with E-state index in [0.717, 1.165) is 0 Å². The number of ether oxygens (including phenoxy) is 2. The molecule has 2 aromatic rings. The number of rotatable bonds is 6. The summed E-state index contributed by atoms with van der Waals surface area (Å²) in [7, 11) is 0. The molecule has 0 spiro atoms. The summed E-state index contributed by atoms with van der Waals surface area (Å²) in [4.78, 5) is 38.5. The molecule has 1 aliphatic heterocycles. The van der Waals surface area contributed by atoms with Gasteiger partial charge in [0, 0.05) is 24.7 Å². The summed E-state index contributed by atoms with van der Waals surface area (Å²) in [5.41, 5.74) is 0.375. The number of nitrogens with zero attached hydrogens (tertiary/aromatic N) is 2. The molecule has 152 valence electrons. The third-order valence-electron chi connectivity index (χ3n) is 4.49. The maximum atomic E-state index is 13.0. The number of esters is 1. The standard InChI is InChI=1S/C20H20N2O6S/c1-29-17-8-7-15(13-16(17)22(25)26)20(24)28-18(14-5-3-2-4-6-14)19(23)21-9-11-27-12-10-21/h2-8,13,18H,9-12H2,1H3/t18-/m0/s1. The van der Waals surface area contributed by atoms with Crippen LogP contribution >= 0.6 is 11.8 Å². The highest BCUT2D eigenvalue weighted by molar-refractivity contribution is 7.98. The monoisotopic (exact) mass is 416 g/mol. The molecule has 0 N–H and O–H groups in total. The van der Waals surface area contributed by atoms with E-state index in [0.29, 0.717) is 36.8 Å². The summed E-state index contributed by atoms with van der Waals surface area (Å²) in [6, 6.07) is 12.8. The number of amides is 1. The zero-order valence-electron chi connectivity index (χ0n) is 15.8. The SMILES string of the molecule is CSc1ccc(C(=O)O[C@H](C(=O)N2CCOCC2)c2ccccc2)cc1[N+](=O)[O-]. The van der Waals surface area contributed by atoms with Crippen molar-refractivity contribution in [2.75, 3.05) is 32.6 Å². The highest BCUT2D eigenvalue weighted by Gasteiger charge is 2.31. The molecule has 1 atom stereocenters. The van der Waals surface area contributed by atoms with Gasteiger partial charge in [-0.05, 0) is 18.4 Å². The van der Waals surface area contributed by atoms with Crippen molar-refractivity contribution in [3.05, 3.63) is 69.8 Å². The molecule has 0 aliphatic carbocycles. The van der Waals surface area contributed by atoms with Gasteiger partial charge in [-0.3, -0.25) is 14.9 Å². The van der Waals surface area contributed by atoms with Crippen LogP contribution in [0.25, 0.3) is 0 Å². The maximum Gasteiger partial charge on any atom is 0.339 e. The average Bonchev–Trinajstić information content (AvgIpc) is 2.77. The van der Waals surface area contributed by atoms with Gasteiger partial charge in [-0.2, -0.15) is 0 Å². The van der Waals surface area contributed by atoms with Gasteiger partial charge in [0.1, 0.15) is 0 Å². The Morgan fingerprint density at radius 2 is 1.86 bits per heavy atom. The van der Waals surface area contributed by atoms with E-state index in [2.05, 4.69) is 0 Å². The molecule has 0 unspecified atom stereocenters. The minimum absolute atomic E-state index is 0.0187. The Morgan fingerprint density at radius 3 is 2.48 bits per heavy atom. The summed E-state index contributed by atoms with van der Waals surface area (Å²) in [5, 5.41) is 11.3. The molecular formula is C20H20N2O6S. The Bertz CT molecular complexity index is 899. The molecule has 29 heavy (non-hydrogen) atoms. The summed E-state index contributed by atoms with van der Waals surface area (Å²) >= 11 is 1.21. The van der Waals surface area contributed by atoms with Gasteiger partial charge in [-0.1, -0.05) is 30.3 Å². The molecule has 0 aromatic heterocycles. The van der Waals surface area contributed by atoms with Crippen LogP contribution in [0.3, 0.4) is 0 Å². The van der Waals surface area contributed by atoms with Crippen molar-refractivity contribution < 1.29 is 24.0 Å². The van der Waals surface area contributed by atoms with Gasteiger partial charge in [-0.15, -0.1) is 11.8 Å². The summed E-state index contributed by atoms with van der Waals surface area (Å²) in [5.74, 6) is -1.14. The summed E-state index contributed by atoms with van der Waals surface area (Å²) in [6.45, 7) is 1.66.